The molecule has 0 bridgehead atoms. The van der Waals surface area contributed by atoms with Gasteiger partial charge in [-0.3, -0.25) is 4.79 Å². The number of carbonyl (C=O) groups excluding carboxylic acids is 1. The van der Waals surface area contributed by atoms with Crippen molar-refractivity contribution in [2.75, 3.05) is 0 Å². The van der Waals surface area contributed by atoms with Gasteiger partial charge in [-0.2, -0.15) is 26.3 Å². The number of hydrazine groups is 1. The molecule has 0 fully saturated rings. The van der Waals surface area contributed by atoms with Crippen LogP contribution in [0.1, 0.15) is 54.6 Å². The minimum absolute atomic E-state index is 0.00231. The van der Waals surface area contributed by atoms with E-state index < -0.39 is 35.0 Å². The summed E-state index contributed by atoms with van der Waals surface area (Å²) in [6.45, 7) is 3.57. The molecule has 0 saturated heterocycles. The molecule has 3 nitrogen and oxygen atoms in total. The molecule has 1 aromatic carbocycles. The number of amides is 1. The highest BCUT2D eigenvalue weighted by atomic mass is 19.4. The molecule has 1 heterocycles. The van der Waals surface area contributed by atoms with Crippen LogP contribution in [0.15, 0.2) is 18.2 Å². The van der Waals surface area contributed by atoms with Crippen LogP contribution in [0.4, 0.5) is 26.3 Å². The lowest BCUT2D eigenvalue weighted by molar-refractivity contribution is -0.610. The summed E-state index contributed by atoms with van der Waals surface area (Å²) in [7, 11) is 0. The van der Waals surface area contributed by atoms with Crippen molar-refractivity contribution in [2.24, 2.45) is 0 Å². The topological polar surface area (TPSA) is 32.1 Å². The Bertz CT molecular complexity index is 673. The van der Waals surface area contributed by atoms with Gasteiger partial charge in [-0.05, 0) is 24.6 Å². The smallest absolute Gasteiger partial charge is 0.264 e. The lowest BCUT2D eigenvalue weighted by Gasteiger charge is -2.19. The van der Waals surface area contributed by atoms with Crippen molar-refractivity contribution in [2.45, 2.75) is 51.5 Å². The quantitative estimate of drug-likeness (QED) is 0.609. The van der Waals surface area contributed by atoms with Crippen molar-refractivity contribution >= 4 is 11.6 Å². The first kappa shape index (κ1) is 19.3. The van der Waals surface area contributed by atoms with Crippen LogP contribution < -0.4 is 5.43 Å². The van der Waals surface area contributed by atoms with Crippen LogP contribution in [0.5, 0.6) is 0 Å². The van der Waals surface area contributed by atoms with Crippen molar-refractivity contribution < 1.29 is 35.8 Å². The number of hydrazone groups is 1. The summed E-state index contributed by atoms with van der Waals surface area (Å²) in [5.41, 5.74) is -0.500. The summed E-state index contributed by atoms with van der Waals surface area (Å²) >= 11 is 0. The summed E-state index contributed by atoms with van der Waals surface area (Å²) in [5.74, 6) is -1.01. The van der Waals surface area contributed by atoms with Gasteiger partial charge in [0.25, 0.3) is 0 Å². The molecule has 138 valence electrons. The number of benzene rings is 1. The number of carbonyl (C=O) groups is 1. The fraction of sp³-hybridized carbons (Fsp3) is 0.500. The molecule has 0 radical (unpaired) electrons. The van der Waals surface area contributed by atoms with E-state index in [1.165, 1.54) is 4.68 Å². The van der Waals surface area contributed by atoms with Crippen LogP contribution in [0, 0.1) is 0 Å². The average molecular weight is 367 g/mol. The van der Waals surface area contributed by atoms with Crippen LogP contribution in [0.2, 0.25) is 0 Å². The molecule has 0 aliphatic carbocycles. The predicted molar refractivity (Wildman–Crippen MR) is 78.2 cm³/mol. The Kier molecular flexibility index (Phi) is 5.15. The second-order valence-electron chi connectivity index (χ2n) is 6.08. The molecular formula is C16H17F6N2O+. The molecule has 0 spiro atoms. The van der Waals surface area contributed by atoms with Gasteiger partial charge in [-0.25, -0.2) is 0 Å². The Labute approximate surface area is 140 Å². The minimum atomic E-state index is -4.99. The average Bonchev–Trinajstić information content (AvgIpc) is 2.48. The summed E-state index contributed by atoms with van der Waals surface area (Å²) in [4.78, 5) is 12.3. The van der Waals surface area contributed by atoms with Gasteiger partial charge in [-0.1, -0.05) is 0 Å². The van der Waals surface area contributed by atoms with E-state index in [1.54, 1.807) is 6.92 Å². The summed E-state index contributed by atoms with van der Waals surface area (Å²) in [6, 6.07) is 0.756. The first-order valence-electron chi connectivity index (χ1n) is 7.61. The standard InChI is InChI=1S/C16H16F6N2O/c1-9-4-3-5-10(2)24(9)23-14(25)11-6-12(15(17,18)19)8-13(7-11)16(20,21)22/h6-9H,3-5H2,1-2H3/p+1. The van der Waals surface area contributed by atoms with Gasteiger partial charge in [0.15, 0.2) is 11.8 Å². The maximum atomic E-state index is 12.9. The highest BCUT2D eigenvalue weighted by molar-refractivity contribution is 5.94. The highest BCUT2D eigenvalue weighted by Gasteiger charge is 2.38. The van der Waals surface area contributed by atoms with Crippen molar-refractivity contribution in [3.8, 4) is 0 Å². The molecule has 1 atom stereocenters. The van der Waals surface area contributed by atoms with Crippen LogP contribution in [0.3, 0.4) is 0 Å². The second kappa shape index (κ2) is 6.68. The minimum Gasteiger partial charge on any atom is -0.264 e. The maximum Gasteiger partial charge on any atom is 0.416 e. The van der Waals surface area contributed by atoms with Crippen LogP contribution in [-0.4, -0.2) is 22.3 Å². The molecule has 1 N–H and O–H groups in total. The SMILES string of the molecule is CC1=[N+](NC(=O)c2cc(C(F)(F)F)cc(C(F)(F)F)c2)C(C)CCC1. The molecule has 25 heavy (non-hydrogen) atoms. The predicted octanol–water partition coefficient (Wildman–Crippen LogP) is 4.41. The molecule has 1 amide bonds. The van der Waals surface area contributed by atoms with Gasteiger partial charge < -0.3 is 0 Å². The van der Waals surface area contributed by atoms with Gasteiger partial charge in [0, 0.05) is 32.3 Å². The summed E-state index contributed by atoms with van der Waals surface area (Å²) in [5, 5.41) is 0. The first-order valence-corrected chi connectivity index (χ1v) is 7.61. The number of rotatable bonds is 2. The fourth-order valence-electron chi connectivity index (χ4n) is 2.74. The number of nitrogens with one attached hydrogen (secondary N) is 1. The Balaban J connectivity index is 2.42. The van der Waals surface area contributed by atoms with Crippen molar-refractivity contribution in [3.63, 3.8) is 0 Å². The number of hydrogen-bond donors (Lipinski definition) is 1. The fourth-order valence-corrected chi connectivity index (χ4v) is 2.74. The van der Waals surface area contributed by atoms with Crippen molar-refractivity contribution in [3.05, 3.63) is 34.9 Å². The third-order valence-corrected chi connectivity index (χ3v) is 4.08. The zero-order valence-corrected chi connectivity index (χ0v) is 13.6. The van der Waals surface area contributed by atoms with Crippen LogP contribution in [0.25, 0.3) is 0 Å². The largest absolute Gasteiger partial charge is 0.416 e. The van der Waals surface area contributed by atoms with Crippen molar-refractivity contribution in [1.82, 2.24) is 5.43 Å². The van der Waals surface area contributed by atoms with Crippen LogP contribution in [-0.2, 0) is 12.4 Å². The van der Waals surface area contributed by atoms with E-state index in [-0.39, 0.29) is 12.1 Å². The van der Waals surface area contributed by atoms with E-state index in [0.29, 0.717) is 18.6 Å². The highest BCUT2D eigenvalue weighted by Crippen LogP contribution is 2.36. The van der Waals surface area contributed by atoms with Gasteiger partial charge >= 0.3 is 18.3 Å². The Morgan fingerprint density at radius 2 is 1.60 bits per heavy atom. The zero-order chi connectivity index (χ0) is 19.0. The Morgan fingerprint density at radius 1 is 1.08 bits per heavy atom. The third-order valence-electron chi connectivity index (χ3n) is 4.08. The van der Waals surface area contributed by atoms with E-state index in [2.05, 4.69) is 5.43 Å². The van der Waals surface area contributed by atoms with Gasteiger partial charge in [0.1, 0.15) is 0 Å². The molecule has 2 rings (SSSR count). The molecule has 1 aromatic rings. The van der Waals surface area contributed by atoms with E-state index in [1.807, 2.05) is 6.92 Å². The normalized spacial score (nSPS) is 19.1. The lowest BCUT2D eigenvalue weighted by Crippen LogP contribution is -2.45. The van der Waals surface area contributed by atoms with Crippen molar-refractivity contribution in [1.29, 1.82) is 0 Å². The molecule has 1 aliphatic rings. The lowest BCUT2D eigenvalue weighted by atomic mass is 10.0. The molecule has 9 heteroatoms. The van der Waals surface area contributed by atoms with Gasteiger partial charge in [0.2, 0.25) is 0 Å². The van der Waals surface area contributed by atoms with Gasteiger partial charge in [0.05, 0.1) is 11.1 Å². The summed E-state index contributed by atoms with van der Waals surface area (Å²) < 4.78 is 78.7. The monoisotopic (exact) mass is 367 g/mol. The first-order chi connectivity index (χ1) is 11.4. The van der Waals surface area contributed by atoms with E-state index >= 15 is 0 Å². The number of halogens is 6. The third kappa shape index (κ3) is 4.52. The summed E-state index contributed by atoms with van der Waals surface area (Å²) in [6.07, 6.45) is -7.62. The molecular weight excluding hydrogens is 350 g/mol. The molecule has 1 unspecified atom stereocenters. The molecule has 1 aliphatic heterocycles. The Hall–Kier alpha value is -2.06. The maximum absolute atomic E-state index is 12.9. The van der Waals surface area contributed by atoms with Crippen LogP contribution >= 0.6 is 0 Å². The van der Waals surface area contributed by atoms with E-state index in [0.717, 1.165) is 18.6 Å². The second-order valence-corrected chi connectivity index (χ2v) is 6.08. The number of hydrogen-bond acceptors (Lipinski definition) is 1. The number of alkyl halides is 6. The van der Waals surface area contributed by atoms with Gasteiger partial charge in [-0.15, -0.1) is 10.1 Å². The van der Waals surface area contributed by atoms with E-state index in [9.17, 15) is 31.1 Å². The van der Waals surface area contributed by atoms with E-state index in [4.69, 9.17) is 0 Å². The zero-order valence-electron chi connectivity index (χ0n) is 13.6. The number of nitrogens with zero attached hydrogens (tertiary/aromatic N) is 1. The Morgan fingerprint density at radius 3 is 2.04 bits per heavy atom. The molecule has 0 saturated carbocycles. The molecule has 0 aromatic heterocycles.